The standard InChI is InChI=1S/C10H13NO2S/c1-11-9(13)5-7(6-12)10(11)8-3-2-4-14-8/h2-4,7,10,12H,5-6H2,1H3/t7-,10+/m1/s1. The van der Waals surface area contributed by atoms with Crippen LogP contribution in [0.15, 0.2) is 17.5 Å². The summed E-state index contributed by atoms with van der Waals surface area (Å²) in [7, 11) is 1.81. The van der Waals surface area contributed by atoms with E-state index in [1.54, 1.807) is 16.2 Å². The predicted molar refractivity (Wildman–Crippen MR) is 55.0 cm³/mol. The third kappa shape index (κ3) is 1.44. The minimum Gasteiger partial charge on any atom is -0.396 e. The van der Waals surface area contributed by atoms with Gasteiger partial charge in [0.15, 0.2) is 0 Å². The minimum atomic E-state index is 0.0612. The molecule has 1 N–H and O–H groups in total. The highest BCUT2D eigenvalue weighted by Crippen LogP contribution is 2.38. The van der Waals surface area contributed by atoms with E-state index < -0.39 is 0 Å². The number of carbonyl (C=O) groups excluding carboxylic acids is 1. The molecule has 0 aliphatic carbocycles. The second-order valence-electron chi connectivity index (χ2n) is 3.61. The molecule has 0 aromatic carbocycles. The summed E-state index contributed by atoms with van der Waals surface area (Å²) in [5.74, 6) is 0.189. The van der Waals surface area contributed by atoms with E-state index in [0.29, 0.717) is 6.42 Å². The lowest BCUT2D eigenvalue weighted by Crippen LogP contribution is -2.24. The largest absolute Gasteiger partial charge is 0.396 e. The molecule has 0 radical (unpaired) electrons. The monoisotopic (exact) mass is 211 g/mol. The van der Waals surface area contributed by atoms with Crippen molar-refractivity contribution in [2.24, 2.45) is 5.92 Å². The zero-order valence-corrected chi connectivity index (χ0v) is 8.83. The number of amides is 1. The van der Waals surface area contributed by atoms with Crippen LogP contribution in [0.3, 0.4) is 0 Å². The fourth-order valence-corrected chi connectivity index (χ4v) is 2.96. The van der Waals surface area contributed by atoms with E-state index in [1.807, 2.05) is 24.6 Å². The van der Waals surface area contributed by atoms with Gasteiger partial charge in [-0.15, -0.1) is 11.3 Å². The molecule has 76 valence electrons. The molecule has 0 spiro atoms. The van der Waals surface area contributed by atoms with Gasteiger partial charge in [0.2, 0.25) is 5.91 Å². The number of carbonyl (C=O) groups is 1. The first-order valence-corrected chi connectivity index (χ1v) is 5.52. The van der Waals surface area contributed by atoms with Crippen molar-refractivity contribution >= 4 is 17.2 Å². The van der Waals surface area contributed by atoms with Crippen LogP contribution in [0.2, 0.25) is 0 Å². The van der Waals surface area contributed by atoms with Crippen LogP contribution in [-0.2, 0) is 4.79 Å². The van der Waals surface area contributed by atoms with Crippen molar-refractivity contribution in [2.45, 2.75) is 12.5 Å². The SMILES string of the molecule is CN1C(=O)C[C@H](CO)[C@H]1c1cccs1. The second kappa shape index (κ2) is 3.71. The molecule has 1 fully saturated rings. The molecule has 1 aliphatic rings. The maximum absolute atomic E-state index is 11.5. The molecule has 0 bridgehead atoms. The highest BCUT2D eigenvalue weighted by Gasteiger charge is 2.38. The van der Waals surface area contributed by atoms with Gasteiger partial charge in [-0.25, -0.2) is 0 Å². The Kier molecular flexibility index (Phi) is 2.56. The zero-order valence-electron chi connectivity index (χ0n) is 8.01. The maximum atomic E-state index is 11.5. The van der Waals surface area contributed by atoms with Crippen LogP contribution >= 0.6 is 11.3 Å². The Balaban J connectivity index is 2.28. The third-order valence-corrected chi connectivity index (χ3v) is 3.71. The first-order valence-electron chi connectivity index (χ1n) is 4.64. The number of aliphatic hydroxyl groups is 1. The molecule has 14 heavy (non-hydrogen) atoms. The van der Waals surface area contributed by atoms with E-state index in [-0.39, 0.29) is 24.5 Å². The van der Waals surface area contributed by atoms with Crippen molar-refractivity contribution in [3.8, 4) is 0 Å². The van der Waals surface area contributed by atoms with Gasteiger partial charge in [0.05, 0.1) is 6.04 Å². The van der Waals surface area contributed by atoms with Crippen molar-refractivity contribution in [3.05, 3.63) is 22.4 Å². The molecular weight excluding hydrogens is 198 g/mol. The summed E-state index contributed by atoms with van der Waals surface area (Å²) in [4.78, 5) is 14.4. The van der Waals surface area contributed by atoms with Crippen LogP contribution < -0.4 is 0 Å². The molecule has 1 aromatic rings. The van der Waals surface area contributed by atoms with Gasteiger partial charge in [-0.3, -0.25) is 4.79 Å². The quantitative estimate of drug-likeness (QED) is 0.800. The molecule has 3 nitrogen and oxygen atoms in total. The minimum absolute atomic E-state index is 0.0612. The highest BCUT2D eigenvalue weighted by molar-refractivity contribution is 7.10. The summed E-state index contributed by atoms with van der Waals surface area (Å²) in [5.41, 5.74) is 0. The molecule has 1 aromatic heterocycles. The molecule has 2 rings (SSSR count). The lowest BCUT2D eigenvalue weighted by Gasteiger charge is -2.22. The zero-order chi connectivity index (χ0) is 10.1. The third-order valence-electron chi connectivity index (χ3n) is 2.76. The number of thiophene rings is 1. The normalized spacial score (nSPS) is 27.3. The molecule has 4 heteroatoms. The van der Waals surface area contributed by atoms with Gasteiger partial charge in [0.1, 0.15) is 0 Å². The average Bonchev–Trinajstić information content (AvgIpc) is 2.76. The van der Waals surface area contributed by atoms with Crippen LogP contribution in [0.5, 0.6) is 0 Å². The Morgan fingerprint density at radius 1 is 1.71 bits per heavy atom. The van der Waals surface area contributed by atoms with Crippen molar-refractivity contribution in [1.29, 1.82) is 0 Å². The first-order chi connectivity index (χ1) is 6.74. The Hall–Kier alpha value is -0.870. The van der Waals surface area contributed by atoms with E-state index in [1.165, 1.54) is 0 Å². The van der Waals surface area contributed by atoms with Crippen molar-refractivity contribution in [3.63, 3.8) is 0 Å². The Bertz CT molecular complexity index is 323. The number of rotatable bonds is 2. The highest BCUT2D eigenvalue weighted by atomic mass is 32.1. The van der Waals surface area contributed by atoms with Crippen molar-refractivity contribution in [2.75, 3.05) is 13.7 Å². The van der Waals surface area contributed by atoms with E-state index in [9.17, 15) is 9.90 Å². The lowest BCUT2D eigenvalue weighted by molar-refractivity contribution is -0.127. The van der Waals surface area contributed by atoms with Gasteiger partial charge in [0.25, 0.3) is 0 Å². The molecule has 0 saturated carbocycles. The van der Waals surface area contributed by atoms with Gasteiger partial charge in [-0.2, -0.15) is 0 Å². The van der Waals surface area contributed by atoms with Crippen LogP contribution in [0.1, 0.15) is 17.3 Å². The van der Waals surface area contributed by atoms with Crippen LogP contribution in [-0.4, -0.2) is 29.6 Å². The van der Waals surface area contributed by atoms with Gasteiger partial charge in [-0.05, 0) is 11.4 Å². The number of hydrogen-bond donors (Lipinski definition) is 1. The van der Waals surface area contributed by atoms with Crippen LogP contribution in [0.4, 0.5) is 0 Å². The van der Waals surface area contributed by atoms with Gasteiger partial charge >= 0.3 is 0 Å². The summed E-state index contributed by atoms with van der Waals surface area (Å²) in [6.07, 6.45) is 0.468. The molecule has 1 saturated heterocycles. The molecule has 2 heterocycles. The summed E-state index contributed by atoms with van der Waals surface area (Å²) in [6, 6.07) is 4.07. The summed E-state index contributed by atoms with van der Waals surface area (Å²) in [5, 5.41) is 11.2. The molecular formula is C10H13NO2S. The fourth-order valence-electron chi connectivity index (χ4n) is 2.00. The topological polar surface area (TPSA) is 40.5 Å². The van der Waals surface area contributed by atoms with Gasteiger partial charge < -0.3 is 10.0 Å². The number of hydrogen-bond acceptors (Lipinski definition) is 3. The molecule has 2 atom stereocenters. The second-order valence-corrected chi connectivity index (χ2v) is 4.59. The lowest BCUT2D eigenvalue weighted by atomic mass is 10.0. The summed E-state index contributed by atoms with van der Waals surface area (Å²) >= 11 is 1.64. The van der Waals surface area contributed by atoms with E-state index in [2.05, 4.69) is 0 Å². The van der Waals surface area contributed by atoms with E-state index in [4.69, 9.17) is 0 Å². The maximum Gasteiger partial charge on any atom is 0.223 e. The number of nitrogens with zero attached hydrogens (tertiary/aromatic N) is 1. The van der Waals surface area contributed by atoms with Crippen molar-refractivity contribution in [1.82, 2.24) is 4.90 Å². The summed E-state index contributed by atoms with van der Waals surface area (Å²) in [6.45, 7) is 0.0820. The van der Waals surface area contributed by atoms with Crippen molar-refractivity contribution < 1.29 is 9.90 Å². The predicted octanol–water partition coefficient (Wildman–Crippen LogP) is 1.26. The van der Waals surface area contributed by atoms with Gasteiger partial charge in [-0.1, -0.05) is 6.07 Å². The van der Waals surface area contributed by atoms with E-state index >= 15 is 0 Å². The average molecular weight is 211 g/mol. The van der Waals surface area contributed by atoms with E-state index in [0.717, 1.165) is 4.88 Å². The Labute approximate surface area is 87.0 Å². The first kappa shape index (κ1) is 9.68. The van der Waals surface area contributed by atoms with Crippen LogP contribution in [0, 0.1) is 5.92 Å². The molecule has 0 unspecified atom stereocenters. The Morgan fingerprint density at radius 3 is 3.07 bits per heavy atom. The molecule has 1 amide bonds. The summed E-state index contributed by atoms with van der Waals surface area (Å²) < 4.78 is 0. The van der Waals surface area contributed by atoms with Crippen LogP contribution in [0.25, 0.3) is 0 Å². The van der Waals surface area contributed by atoms with Gasteiger partial charge in [0, 0.05) is 30.9 Å². The number of aliphatic hydroxyl groups excluding tert-OH is 1. The fraction of sp³-hybridized carbons (Fsp3) is 0.500. The number of likely N-dealkylation sites (tertiary alicyclic amines) is 1. The molecule has 1 aliphatic heterocycles. The smallest absolute Gasteiger partial charge is 0.223 e. The Morgan fingerprint density at radius 2 is 2.50 bits per heavy atom.